The minimum Gasteiger partial charge on any atom is -0.490 e. The Kier molecular flexibility index (Phi) is 6.60. The first-order valence-electron chi connectivity index (χ1n) is 8.76. The van der Waals surface area contributed by atoms with Crippen LogP contribution in [0.2, 0.25) is 0 Å². The van der Waals surface area contributed by atoms with Crippen LogP contribution in [0.25, 0.3) is 0 Å². The van der Waals surface area contributed by atoms with Gasteiger partial charge in [0, 0.05) is 37.5 Å². The van der Waals surface area contributed by atoms with Gasteiger partial charge in [-0.05, 0) is 29.9 Å². The summed E-state index contributed by atoms with van der Waals surface area (Å²) in [5, 5.41) is 3.69. The van der Waals surface area contributed by atoms with Crippen molar-refractivity contribution in [1.29, 1.82) is 0 Å². The lowest BCUT2D eigenvalue weighted by Crippen LogP contribution is -2.58. The highest BCUT2D eigenvalue weighted by Gasteiger charge is 2.40. The molecule has 2 aliphatic heterocycles. The molecule has 1 N–H and O–H groups in total. The van der Waals surface area contributed by atoms with E-state index in [4.69, 9.17) is 9.47 Å². The van der Waals surface area contributed by atoms with Crippen molar-refractivity contribution in [1.82, 2.24) is 10.2 Å². The predicted molar refractivity (Wildman–Crippen MR) is 101 cm³/mol. The van der Waals surface area contributed by atoms with Crippen LogP contribution in [0.15, 0.2) is 36.9 Å². The number of thioether (sulfide) groups is 1. The van der Waals surface area contributed by atoms with Crippen molar-refractivity contribution in [3.63, 3.8) is 0 Å². The Morgan fingerprint density at radius 2 is 2.08 bits per heavy atom. The SMILES string of the molecule is C=CCOc1ccc(CNCC2(N3CCOCC3)CCSC2)cc1. The summed E-state index contributed by atoms with van der Waals surface area (Å²) in [5.41, 5.74) is 1.60. The maximum absolute atomic E-state index is 5.53. The van der Waals surface area contributed by atoms with Crippen molar-refractivity contribution in [3.05, 3.63) is 42.5 Å². The molecule has 1 aromatic rings. The van der Waals surface area contributed by atoms with Crippen LogP contribution in [0.5, 0.6) is 5.75 Å². The summed E-state index contributed by atoms with van der Waals surface area (Å²) in [7, 11) is 0. The Labute approximate surface area is 149 Å². The largest absolute Gasteiger partial charge is 0.490 e. The third-order valence-electron chi connectivity index (χ3n) is 4.84. The summed E-state index contributed by atoms with van der Waals surface area (Å²) in [5.74, 6) is 3.40. The van der Waals surface area contributed by atoms with Crippen LogP contribution >= 0.6 is 11.8 Å². The molecule has 0 bridgehead atoms. The summed E-state index contributed by atoms with van der Waals surface area (Å²) >= 11 is 2.08. The monoisotopic (exact) mass is 348 g/mol. The fraction of sp³-hybridized carbons (Fsp3) is 0.579. The van der Waals surface area contributed by atoms with E-state index in [1.54, 1.807) is 6.08 Å². The topological polar surface area (TPSA) is 33.7 Å². The van der Waals surface area contributed by atoms with E-state index in [0.717, 1.165) is 45.1 Å². The molecule has 1 aromatic carbocycles. The number of hydrogen-bond acceptors (Lipinski definition) is 5. The number of morpholine rings is 1. The summed E-state index contributed by atoms with van der Waals surface area (Å²) < 4.78 is 11.1. The molecule has 0 aliphatic carbocycles. The Morgan fingerprint density at radius 1 is 1.29 bits per heavy atom. The third-order valence-corrected chi connectivity index (χ3v) is 6.07. The first kappa shape index (κ1) is 17.8. The van der Waals surface area contributed by atoms with Crippen molar-refractivity contribution < 1.29 is 9.47 Å². The molecule has 24 heavy (non-hydrogen) atoms. The zero-order valence-corrected chi connectivity index (χ0v) is 15.2. The average molecular weight is 349 g/mol. The standard InChI is InChI=1S/C19H28N2O2S/c1-2-10-23-18-5-3-17(4-6-18)14-20-15-19(7-13-24-16-19)21-8-11-22-12-9-21/h2-6,20H,1,7-16H2. The first-order chi connectivity index (χ1) is 11.8. The van der Waals surface area contributed by atoms with E-state index in [2.05, 4.69) is 40.7 Å². The normalized spacial score (nSPS) is 24.8. The molecule has 2 saturated heterocycles. The van der Waals surface area contributed by atoms with E-state index in [9.17, 15) is 0 Å². The molecular formula is C19H28N2O2S. The van der Waals surface area contributed by atoms with E-state index in [0.29, 0.717) is 12.1 Å². The van der Waals surface area contributed by atoms with Gasteiger partial charge in [0.2, 0.25) is 0 Å². The number of nitrogens with one attached hydrogen (secondary N) is 1. The lowest BCUT2D eigenvalue weighted by Gasteiger charge is -2.43. The van der Waals surface area contributed by atoms with Gasteiger partial charge in [0.05, 0.1) is 13.2 Å². The molecule has 2 fully saturated rings. The van der Waals surface area contributed by atoms with Gasteiger partial charge in [0.25, 0.3) is 0 Å². The molecule has 0 amide bonds. The van der Waals surface area contributed by atoms with Crippen LogP contribution in [0.4, 0.5) is 0 Å². The zero-order valence-electron chi connectivity index (χ0n) is 14.3. The summed E-state index contributed by atoms with van der Waals surface area (Å²) in [6, 6.07) is 8.33. The smallest absolute Gasteiger partial charge is 0.119 e. The molecule has 0 saturated carbocycles. The lowest BCUT2D eigenvalue weighted by molar-refractivity contribution is -0.0134. The minimum atomic E-state index is 0.307. The van der Waals surface area contributed by atoms with Crippen molar-refractivity contribution in [2.75, 3.05) is 51.0 Å². The Morgan fingerprint density at radius 3 is 2.75 bits per heavy atom. The van der Waals surface area contributed by atoms with E-state index >= 15 is 0 Å². The molecule has 1 atom stereocenters. The van der Waals surface area contributed by atoms with Gasteiger partial charge in [-0.25, -0.2) is 0 Å². The summed E-state index contributed by atoms with van der Waals surface area (Å²) in [4.78, 5) is 2.65. The minimum absolute atomic E-state index is 0.307. The molecule has 0 spiro atoms. The van der Waals surface area contributed by atoms with Crippen molar-refractivity contribution in [3.8, 4) is 5.75 Å². The molecule has 0 radical (unpaired) electrons. The molecule has 5 heteroatoms. The lowest BCUT2D eigenvalue weighted by atomic mass is 9.95. The molecule has 4 nitrogen and oxygen atoms in total. The van der Waals surface area contributed by atoms with Gasteiger partial charge in [0.15, 0.2) is 0 Å². The third kappa shape index (κ3) is 4.54. The molecule has 0 aromatic heterocycles. The highest BCUT2D eigenvalue weighted by Crippen LogP contribution is 2.33. The molecular weight excluding hydrogens is 320 g/mol. The zero-order chi connectivity index (χ0) is 16.7. The van der Waals surface area contributed by atoms with Crippen LogP contribution in [0.3, 0.4) is 0 Å². The van der Waals surface area contributed by atoms with Gasteiger partial charge >= 0.3 is 0 Å². The van der Waals surface area contributed by atoms with Crippen molar-refractivity contribution in [2.45, 2.75) is 18.5 Å². The molecule has 2 aliphatic rings. The first-order valence-corrected chi connectivity index (χ1v) is 9.92. The second-order valence-corrected chi connectivity index (χ2v) is 7.58. The van der Waals surface area contributed by atoms with Gasteiger partial charge in [0.1, 0.15) is 12.4 Å². The van der Waals surface area contributed by atoms with E-state index in [-0.39, 0.29) is 0 Å². The fourth-order valence-corrected chi connectivity index (χ4v) is 4.91. The molecule has 2 heterocycles. The van der Waals surface area contributed by atoms with Gasteiger partial charge in [-0.3, -0.25) is 4.90 Å². The van der Waals surface area contributed by atoms with Gasteiger partial charge < -0.3 is 14.8 Å². The number of hydrogen-bond donors (Lipinski definition) is 1. The highest BCUT2D eigenvalue weighted by molar-refractivity contribution is 7.99. The van der Waals surface area contributed by atoms with Crippen LogP contribution in [0, 0.1) is 0 Å². The van der Waals surface area contributed by atoms with Crippen LogP contribution in [-0.4, -0.2) is 61.4 Å². The Hall–Kier alpha value is -1.01. The summed E-state index contributed by atoms with van der Waals surface area (Å²) in [6.45, 7) is 10.1. The second kappa shape index (κ2) is 8.90. The number of rotatable bonds is 8. The average Bonchev–Trinajstić information content (AvgIpc) is 3.12. The number of ether oxygens (including phenoxy) is 2. The fourth-order valence-electron chi connectivity index (χ4n) is 3.43. The highest BCUT2D eigenvalue weighted by atomic mass is 32.2. The van der Waals surface area contributed by atoms with Gasteiger partial charge in [-0.2, -0.15) is 11.8 Å². The van der Waals surface area contributed by atoms with Crippen molar-refractivity contribution in [2.24, 2.45) is 0 Å². The van der Waals surface area contributed by atoms with Gasteiger partial charge in [-0.1, -0.05) is 24.8 Å². The van der Waals surface area contributed by atoms with Gasteiger partial charge in [-0.15, -0.1) is 0 Å². The summed E-state index contributed by atoms with van der Waals surface area (Å²) in [6.07, 6.45) is 3.04. The van der Waals surface area contributed by atoms with E-state index in [1.807, 2.05) is 12.1 Å². The molecule has 132 valence electrons. The Balaban J connectivity index is 1.51. The number of benzene rings is 1. The quantitative estimate of drug-likeness (QED) is 0.730. The maximum atomic E-state index is 5.53. The van der Waals surface area contributed by atoms with Crippen LogP contribution < -0.4 is 10.1 Å². The van der Waals surface area contributed by atoms with Crippen LogP contribution in [-0.2, 0) is 11.3 Å². The van der Waals surface area contributed by atoms with Crippen LogP contribution in [0.1, 0.15) is 12.0 Å². The molecule has 1 unspecified atom stereocenters. The predicted octanol–water partition coefficient (Wildman–Crippen LogP) is 2.55. The van der Waals surface area contributed by atoms with Crippen molar-refractivity contribution >= 4 is 11.8 Å². The second-order valence-electron chi connectivity index (χ2n) is 6.47. The Bertz CT molecular complexity index is 509. The molecule has 3 rings (SSSR count). The maximum Gasteiger partial charge on any atom is 0.119 e. The van der Waals surface area contributed by atoms with E-state index < -0.39 is 0 Å². The van der Waals surface area contributed by atoms with E-state index in [1.165, 1.54) is 23.5 Å². The number of nitrogens with zero attached hydrogens (tertiary/aromatic N) is 1.